The van der Waals surface area contributed by atoms with Crippen LogP contribution in [0.3, 0.4) is 0 Å². The zero-order valence-corrected chi connectivity index (χ0v) is 30.6. The van der Waals surface area contributed by atoms with E-state index in [-0.39, 0.29) is 23.7 Å². The first-order chi connectivity index (χ1) is 25.6. The number of imide groups is 1. The van der Waals surface area contributed by atoms with Gasteiger partial charge in [0.2, 0.25) is 11.8 Å². The molecule has 10 heteroatoms. The number of ether oxygens (including phenoxy) is 1. The lowest BCUT2D eigenvalue weighted by atomic mass is 9.82. The molecule has 4 aromatic rings. The molecule has 2 aliphatic heterocycles. The van der Waals surface area contributed by atoms with Crippen molar-refractivity contribution in [3.63, 3.8) is 0 Å². The number of benzene rings is 3. The van der Waals surface area contributed by atoms with Gasteiger partial charge in [-0.3, -0.25) is 19.7 Å². The van der Waals surface area contributed by atoms with Gasteiger partial charge in [0.15, 0.2) is 0 Å². The minimum atomic E-state index is -0.629. The minimum Gasteiger partial charge on any atom is -0.493 e. The SMILES string of the molecule is Cc1ccc(-c2c(C)noc2C)cc1N(C[C@H]1CC[C@H](COc2ccc3c(c2)CN(C2CCC(=O)NC2=O)C3=O)CC1)c1ccc(C2(C#N)CC2)cc1. The van der Waals surface area contributed by atoms with Crippen molar-refractivity contribution in [2.75, 3.05) is 18.1 Å². The van der Waals surface area contributed by atoms with Gasteiger partial charge < -0.3 is 19.1 Å². The number of nitrogens with one attached hydrogen (secondary N) is 1. The molecule has 3 amide bonds. The second-order valence-electron chi connectivity index (χ2n) is 15.5. The van der Waals surface area contributed by atoms with Crippen molar-refractivity contribution in [2.45, 2.75) is 90.1 Å². The maximum Gasteiger partial charge on any atom is 0.255 e. The van der Waals surface area contributed by atoms with Crippen molar-refractivity contribution >= 4 is 29.1 Å². The van der Waals surface area contributed by atoms with E-state index in [1.165, 1.54) is 5.56 Å². The predicted octanol–water partition coefficient (Wildman–Crippen LogP) is 7.61. The van der Waals surface area contributed by atoms with Crippen molar-refractivity contribution in [2.24, 2.45) is 11.8 Å². The number of nitrogens with zero attached hydrogens (tertiary/aromatic N) is 4. The highest BCUT2D eigenvalue weighted by Gasteiger charge is 2.45. The summed E-state index contributed by atoms with van der Waals surface area (Å²) in [6.07, 6.45) is 6.72. The summed E-state index contributed by atoms with van der Waals surface area (Å²) in [5, 5.41) is 16.4. The zero-order valence-electron chi connectivity index (χ0n) is 30.6. The molecule has 3 fully saturated rings. The number of hydrogen-bond acceptors (Lipinski definition) is 8. The van der Waals surface area contributed by atoms with E-state index in [2.05, 4.69) is 70.8 Å². The first-order valence-electron chi connectivity index (χ1n) is 18.9. The molecule has 0 spiro atoms. The van der Waals surface area contributed by atoms with Crippen LogP contribution in [-0.4, -0.2) is 47.0 Å². The standard InChI is InChI=1S/C43H45N5O5/c1-26-4-9-31(40-27(2)46-53-28(40)3)21-38(26)47(34-12-10-33(11-13-34)43(25-44)18-19-43)22-29-5-7-30(8-6-29)24-52-35-14-15-36-32(20-35)23-48(42(36)51)37-16-17-39(49)45-41(37)50/h4,9-15,20-21,29-30,37H,5-8,16-19,22-24H2,1-3H3,(H,45,49,50)/t29-,30-,37?. The number of hydrogen-bond donors (Lipinski definition) is 1. The molecule has 1 aromatic heterocycles. The van der Waals surface area contributed by atoms with Crippen molar-refractivity contribution < 1.29 is 23.6 Å². The van der Waals surface area contributed by atoms with Gasteiger partial charge in [0, 0.05) is 42.0 Å². The first kappa shape index (κ1) is 34.6. The van der Waals surface area contributed by atoms with Crippen LogP contribution in [0.15, 0.2) is 65.2 Å². The molecule has 1 N–H and O–H groups in total. The highest BCUT2D eigenvalue weighted by Crippen LogP contribution is 2.48. The van der Waals surface area contributed by atoms with Crippen LogP contribution in [0.4, 0.5) is 11.4 Å². The third-order valence-corrected chi connectivity index (χ3v) is 11.9. The fourth-order valence-corrected chi connectivity index (χ4v) is 8.54. The van der Waals surface area contributed by atoms with Gasteiger partial charge >= 0.3 is 0 Å². The lowest BCUT2D eigenvalue weighted by Crippen LogP contribution is -2.52. The van der Waals surface area contributed by atoms with Crippen molar-refractivity contribution in [1.82, 2.24) is 15.4 Å². The van der Waals surface area contributed by atoms with E-state index in [0.717, 1.165) is 95.9 Å². The number of carbonyl (C=O) groups is 3. The molecule has 3 aromatic carbocycles. The fraction of sp³-hybridized carbons (Fsp3) is 0.419. The van der Waals surface area contributed by atoms with Crippen LogP contribution >= 0.6 is 0 Å². The third-order valence-electron chi connectivity index (χ3n) is 11.9. The van der Waals surface area contributed by atoms with Gasteiger partial charge in [-0.25, -0.2) is 0 Å². The van der Waals surface area contributed by atoms with E-state index in [0.29, 0.717) is 37.0 Å². The van der Waals surface area contributed by atoms with Gasteiger partial charge in [-0.15, -0.1) is 0 Å². The Kier molecular flexibility index (Phi) is 9.05. The summed E-state index contributed by atoms with van der Waals surface area (Å²) < 4.78 is 11.8. The van der Waals surface area contributed by atoms with Crippen LogP contribution in [0.2, 0.25) is 0 Å². The van der Waals surface area contributed by atoms with Crippen molar-refractivity contribution in [3.8, 4) is 22.9 Å². The minimum absolute atomic E-state index is 0.177. The number of anilines is 2. The number of aryl methyl sites for hydroxylation is 3. The summed E-state index contributed by atoms with van der Waals surface area (Å²) in [4.78, 5) is 41.2. The average molecular weight is 712 g/mol. The van der Waals surface area contributed by atoms with E-state index in [1.807, 2.05) is 26.0 Å². The summed E-state index contributed by atoms with van der Waals surface area (Å²) in [7, 11) is 0. The van der Waals surface area contributed by atoms with E-state index < -0.39 is 11.9 Å². The topological polar surface area (TPSA) is 129 Å². The summed E-state index contributed by atoms with van der Waals surface area (Å²) in [5.74, 6) is 1.59. The molecule has 272 valence electrons. The molecule has 53 heavy (non-hydrogen) atoms. The number of piperidine rings is 1. The number of aromatic nitrogens is 1. The van der Waals surface area contributed by atoms with Crippen LogP contribution in [0.1, 0.15) is 89.9 Å². The molecular formula is C43H45N5O5. The highest BCUT2D eigenvalue weighted by molar-refractivity contribution is 6.05. The molecule has 1 unspecified atom stereocenters. The average Bonchev–Trinajstić information content (AvgIpc) is 3.81. The van der Waals surface area contributed by atoms with Crippen molar-refractivity contribution in [3.05, 3.63) is 94.4 Å². The van der Waals surface area contributed by atoms with E-state index in [4.69, 9.17) is 9.26 Å². The van der Waals surface area contributed by atoms with E-state index >= 15 is 0 Å². The molecule has 0 radical (unpaired) electrons. The summed E-state index contributed by atoms with van der Waals surface area (Å²) in [5.41, 5.74) is 8.70. The number of fused-ring (bicyclic) bond motifs is 1. The molecule has 1 atom stereocenters. The monoisotopic (exact) mass is 711 g/mol. The molecule has 2 aliphatic carbocycles. The van der Waals surface area contributed by atoms with Gasteiger partial charge in [-0.1, -0.05) is 29.4 Å². The molecule has 8 rings (SSSR count). The van der Waals surface area contributed by atoms with Crippen LogP contribution < -0.4 is 15.0 Å². The normalized spacial score (nSPS) is 21.9. The summed E-state index contributed by atoms with van der Waals surface area (Å²) in [6, 6.07) is 22.7. The van der Waals surface area contributed by atoms with Gasteiger partial charge in [0.1, 0.15) is 17.6 Å². The maximum atomic E-state index is 13.1. The molecular weight excluding hydrogens is 667 g/mol. The Morgan fingerprint density at radius 1 is 0.962 bits per heavy atom. The zero-order chi connectivity index (χ0) is 36.9. The second-order valence-corrected chi connectivity index (χ2v) is 15.5. The van der Waals surface area contributed by atoms with Gasteiger partial charge in [0.25, 0.3) is 5.91 Å². The number of rotatable bonds is 10. The van der Waals surface area contributed by atoms with Crippen LogP contribution in [-0.2, 0) is 21.5 Å². The molecule has 3 heterocycles. The molecule has 0 bridgehead atoms. The maximum absolute atomic E-state index is 13.1. The summed E-state index contributed by atoms with van der Waals surface area (Å²) in [6.45, 7) is 7.93. The Hall–Kier alpha value is -5.43. The van der Waals surface area contributed by atoms with Crippen molar-refractivity contribution in [1.29, 1.82) is 5.26 Å². The lowest BCUT2D eigenvalue weighted by Gasteiger charge is -2.35. The Morgan fingerprint density at radius 2 is 1.72 bits per heavy atom. The first-order valence-corrected chi connectivity index (χ1v) is 18.9. The summed E-state index contributed by atoms with van der Waals surface area (Å²) >= 11 is 0. The molecule has 4 aliphatic rings. The van der Waals surface area contributed by atoms with Crippen LogP contribution in [0.5, 0.6) is 5.75 Å². The number of nitriles is 1. The Labute approximate surface area is 310 Å². The fourth-order valence-electron chi connectivity index (χ4n) is 8.54. The van der Waals surface area contributed by atoms with E-state index in [9.17, 15) is 19.6 Å². The highest BCUT2D eigenvalue weighted by atomic mass is 16.5. The van der Waals surface area contributed by atoms with Crippen LogP contribution in [0.25, 0.3) is 11.1 Å². The molecule has 10 nitrogen and oxygen atoms in total. The number of carbonyl (C=O) groups excluding carboxylic acids is 3. The van der Waals surface area contributed by atoms with Gasteiger partial charge in [0.05, 0.1) is 23.8 Å². The molecule has 1 saturated heterocycles. The van der Waals surface area contributed by atoms with E-state index in [1.54, 1.807) is 11.0 Å². The lowest BCUT2D eigenvalue weighted by molar-refractivity contribution is -0.136. The van der Waals surface area contributed by atoms with Crippen LogP contribution in [0, 0.1) is 43.9 Å². The number of amides is 3. The Bertz CT molecular complexity index is 2100. The van der Waals surface area contributed by atoms with Gasteiger partial charge in [-0.05, 0) is 136 Å². The molecule has 2 saturated carbocycles. The smallest absolute Gasteiger partial charge is 0.255 e. The van der Waals surface area contributed by atoms with Gasteiger partial charge in [-0.2, -0.15) is 5.26 Å². The largest absolute Gasteiger partial charge is 0.493 e. The quantitative estimate of drug-likeness (QED) is 0.167. The second kappa shape index (κ2) is 13.8. The Balaban J connectivity index is 0.937. The Morgan fingerprint density at radius 3 is 2.40 bits per heavy atom. The predicted molar refractivity (Wildman–Crippen MR) is 200 cm³/mol. The third kappa shape index (κ3) is 6.69.